The summed E-state index contributed by atoms with van der Waals surface area (Å²) in [5.74, 6) is 1.68. The Hall–Kier alpha value is -7.94. The third-order valence-electron chi connectivity index (χ3n) is 11.7. The lowest BCUT2D eigenvalue weighted by Crippen LogP contribution is -2.10. The fourth-order valence-electron chi connectivity index (χ4n) is 8.67. The van der Waals surface area contributed by atoms with Crippen LogP contribution in [-0.4, -0.2) is 0 Å². The van der Waals surface area contributed by atoms with Gasteiger partial charge in [0, 0.05) is 33.8 Å². The lowest BCUT2D eigenvalue weighted by atomic mass is 9.86. The fourth-order valence-corrected chi connectivity index (χ4v) is 8.67. The van der Waals surface area contributed by atoms with Gasteiger partial charge < -0.3 is 9.64 Å². The number of fused-ring (bicyclic) bond motifs is 6. The standard InChI is InChI=1S/C58H39NO/c1-4-13-40(14-5-1)42-23-25-44(26-24-42)45-31-33-50(34-32-45)59(49-19-8-3-9-20-49)51-35-36-56-54(39-51)53-22-12-21-52(46-29-27-43(28-30-46)41-15-6-2-7-16-41)58(53)55-37-47-17-10-11-18-48(47)38-57(55)60-56/h1-39H. The van der Waals surface area contributed by atoms with E-state index in [0.29, 0.717) is 0 Å². The van der Waals surface area contributed by atoms with Gasteiger partial charge in [0.1, 0.15) is 11.5 Å². The third kappa shape index (κ3) is 6.51. The Bertz CT molecular complexity index is 3120. The fraction of sp³-hybridized carbons (Fsp3) is 0. The van der Waals surface area contributed by atoms with Crippen LogP contribution in [0.1, 0.15) is 0 Å². The predicted molar refractivity (Wildman–Crippen MR) is 251 cm³/mol. The molecule has 282 valence electrons. The van der Waals surface area contributed by atoms with E-state index < -0.39 is 0 Å². The molecule has 2 heteroatoms. The molecule has 0 radical (unpaired) electrons. The highest BCUT2D eigenvalue weighted by atomic mass is 16.5. The zero-order valence-corrected chi connectivity index (χ0v) is 32.9. The van der Waals surface area contributed by atoms with Crippen molar-refractivity contribution in [1.29, 1.82) is 0 Å². The van der Waals surface area contributed by atoms with E-state index in [9.17, 15) is 0 Å². The van der Waals surface area contributed by atoms with Crippen molar-refractivity contribution >= 4 is 27.8 Å². The number of anilines is 3. The molecule has 0 aromatic heterocycles. The van der Waals surface area contributed by atoms with E-state index in [4.69, 9.17) is 4.74 Å². The number of para-hydroxylation sites is 1. The molecule has 0 atom stereocenters. The van der Waals surface area contributed by atoms with Crippen LogP contribution in [0.15, 0.2) is 237 Å². The summed E-state index contributed by atoms with van der Waals surface area (Å²) in [7, 11) is 0. The van der Waals surface area contributed by atoms with Crippen LogP contribution in [0.2, 0.25) is 0 Å². The van der Waals surface area contributed by atoms with Gasteiger partial charge in [-0.25, -0.2) is 0 Å². The molecule has 11 rings (SSSR count). The molecule has 0 unspecified atom stereocenters. The molecule has 0 spiro atoms. The first-order valence-corrected chi connectivity index (χ1v) is 20.5. The average Bonchev–Trinajstić information content (AvgIpc) is 3.46. The number of benzene rings is 10. The average molecular weight is 766 g/mol. The molecule has 1 heterocycles. The number of rotatable bonds is 7. The van der Waals surface area contributed by atoms with Gasteiger partial charge in [0.2, 0.25) is 0 Å². The van der Waals surface area contributed by atoms with Crippen molar-refractivity contribution in [3.05, 3.63) is 237 Å². The topological polar surface area (TPSA) is 12.5 Å². The Morgan fingerprint density at radius 3 is 1.30 bits per heavy atom. The van der Waals surface area contributed by atoms with Crippen molar-refractivity contribution < 1.29 is 4.74 Å². The molecule has 10 aromatic rings. The Balaban J connectivity index is 1.03. The van der Waals surface area contributed by atoms with Gasteiger partial charge in [-0.1, -0.05) is 182 Å². The Morgan fingerprint density at radius 1 is 0.250 bits per heavy atom. The maximum absolute atomic E-state index is 6.99. The van der Waals surface area contributed by atoms with Gasteiger partial charge in [0.15, 0.2) is 0 Å². The van der Waals surface area contributed by atoms with Gasteiger partial charge in [-0.05, 0) is 115 Å². The largest absolute Gasteiger partial charge is 0.456 e. The molecule has 0 saturated heterocycles. The van der Waals surface area contributed by atoms with Crippen LogP contribution in [0.3, 0.4) is 0 Å². The van der Waals surface area contributed by atoms with E-state index in [-0.39, 0.29) is 0 Å². The Labute approximate surface area is 350 Å². The van der Waals surface area contributed by atoms with Crippen molar-refractivity contribution in [3.8, 4) is 78.3 Å². The highest BCUT2D eigenvalue weighted by Crippen LogP contribution is 2.52. The molecule has 0 N–H and O–H groups in total. The molecule has 1 aliphatic heterocycles. The van der Waals surface area contributed by atoms with E-state index in [1.807, 2.05) is 0 Å². The smallest absolute Gasteiger partial charge is 0.135 e. The van der Waals surface area contributed by atoms with Crippen LogP contribution in [0, 0.1) is 0 Å². The lowest BCUT2D eigenvalue weighted by Gasteiger charge is -2.26. The maximum Gasteiger partial charge on any atom is 0.135 e. The summed E-state index contributed by atoms with van der Waals surface area (Å²) in [5, 5.41) is 2.32. The number of ether oxygens (including phenoxy) is 1. The normalized spacial score (nSPS) is 11.5. The number of hydrogen-bond acceptors (Lipinski definition) is 2. The van der Waals surface area contributed by atoms with E-state index in [2.05, 4.69) is 241 Å². The molecule has 0 bridgehead atoms. The van der Waals surface area contributed by atoms with Gasteiger partial charge in [-0.3, -0.25) is 0 Å². The maximum atomic E-state index is 6.99. The van der Waals surface area contributed by atoms with E-state index >= 15 is 0 Å². The van der Waals surface area contributed by atoms with Crippen molar-refractivity contribution in [2.45, 2.75) is 0 Å². The lowest BCUT2D eigenvalue weighted by molar-refractivity contribution is 0.488. The summed E-state index contributed by atoms with van der Waals surface area (Å²) in [4.78, 5) is 2.33. The Morgan fingerprint density at radius 2 is 0.700 bits per heavy atom. The van der Waals surface area contributed by atoms with Gasteiger partial charge >= 0.3 is 0 Å². The van der Waals surface area contributed by atoms with Crippen LogP contribution < -0.4 is 9.64 Å². The van der Waals surface area contributed by atoms with E-state index in [1.165, 1.54) is 38.8 Å². The van der Waals surface area contributed by atoms with Crippen LogP contribution >= 0.6 is 0 Å². The predicted octanol–water partition coefficient (Wildman–Crippen LogP) is 16.4. The Kier molecular flexibility index (Phi) is 8.87. The second-order valence-corrected chi connectivity index (χ2v) is 15.3. The molecule has 60 heavy (non-hydrogen) atoms. The van der Waals surface area contributed by atoms with Gasteiger partial charge in [0.25, 0.3) is 0 Å². The third-order valence-corrected chi connectivity index (χ3v) is 11.7. The zero-order chi connectivity index (χ0) is 39.8. The first-order valence-electron chi connectivity index (χ1n) is 20.5. The van der Waals surface area contributed by atoms with Crippen molar-refractivity contribution in [2.24, 2.45) is 0 Å². The van der Waals surface area contributed by atoms with Gasteiger partial charge in [-0.15, -0.1) is 0 Å². The highest BCUT2D eigenvalue weighted by molar-refractivity contribution is 6.03. The number of nitrogens with zero attached hydrogens (tertiary/aromatic N) is 1. The first-order chi connectivity index (χ1) is 29.7. The summed E-state index contributed by atoms with van der Waals surface area (Å²) >= 11 is 0. The van der Waals surface area contributed by atoms with Gasteiger partial charge in [0.05, 0.1) is 0 Å². The second kappa shape index (κ2) is 15.1. The first kappa shape index (κ1) is 35.2. The molecular formula is C58H39NO. The molecular weight excluding hydrogens is 727 g/mol. The van der Waals surface area contributed by atoms with Crippen LogP contribution in [-0.2, 0) is 0 Å². The summed E-state index contributed by atoms with van der Waals surface area (Å²) in [6.45, 7) is 0. The molecule has 1 aliphatic rings. The second-order valence-electron chi connectivity index (χ2n) is 15.3. The molecule has 0 aliphatic carbocycles. The van der Waals surface area contributed by atoms with Crippen molar-refractivity contribution in [1.82, 2.24) is 0 Å². The van der Waals surface area contributed by atoms with Crippen LogP contribution in [0.4, 0.5) is 17.1 Å². The van der Waals surface area contributed by atoms with Crippen LogP contribution in [0.25, 0.3) is 77.5 Å². The minimum absolute atomic E-state index is 0.827. The summed E-state index contributed by atoms with van der Waals surface area (Å²) < 4.78 is 6.99. The van der Waals surface area contributed by atoms with Crippen molar-refractivity contribution in [2.75, 3.05) is 4.90 Å². The van der Waals surface area contributed by atoms with Crippen molar-refractivity contribution in [3.63, 3.8) is 0 Å². The molecule has 2 nitrogen and oxygen atoms in total. The van der Waals surface area contributed by atoms with Crippen LogP contribution in [0.5, 0.6) is 11.5 Å². The molecule has 0 fully saturated rings. The summed E-state index contributed by atoms with van der Waals surface area (Å²) in [6.07, 6.45) is 0. The number of hydrogen-bond donors (Lipinski definition) is 0. The molecule has 0 saturated carbocycles. The molecule has 10 aromatic carbocycles. The monoisotopic (exact) mass is 765 g/mol. The zero-order valence-electron chi connectivity index (χ0n) is 32.9. The summed E-state index contributed by atoms with van der Waals surface area (Å²) in [5.41, 5.74) is 17.1. The SMILES string of the molecule is c1ccc(-c2ccc(-c3ccc(N(c4ccccc4)c4ccc5c(c4)-c4cccc(-c6ccc(-c7ccccc7)cc6)c4-c4cc6ccccc6cc4O5)cc3)cc2)cc1. The van der Waals surface area contributed by atoms with Gasteiger partial charge in [-0.2, -0.15) is 0 Å². The quantitative estimate of drug-likeness (QED) is 0.160. The van der Waals surface area contributed by atoms with E-state index in [0.717, 1.165) is 67.3 Å². The minimum atomic E-state index is 0.827. The van der Waals surface area contributed by atoms with E-state index in [1.54, 1.807) is 0 Å². The summed E-state index contributed by atoms with van der Waals surface area (Å²) in [6, 6.07) is 84.7. The minimum Gasteiger partial charge on any atom is -0.456 e. The highest BCUT2D eigenvalue weighted by Gasteiger charge is 2.26. The molecule has 0 amide bonds.